The topological polar surface area (TPSA) is 34.1 Å². The van der Waals surface area contributed by atoms with Crippen molar-refractivity contribution in [2.75, 3.05) is 0 Å². The fourth-order valence-corrected chi connectivity index (χ4v) is 1.39. The molecule has 0 N–H and O–H groups in total. The SMILES string of the molecule is O=C(Cl)c1ccccc1.O=C1C=CCCC1. The maximum Gasteiger partial charge on any atom is 0.252 e. The van der Waals surface area contributed by atoms with Crippen LogP contribution in [0, 0.1) is 0 Å². The predicted molar refractivity (Wildman–Crippen MR) is 64.6 cm³/mol. The zero-order valence-electron chi connectivity index (χ0n) is 8.86. The fourth-order valence-electron chi connectivity index (χ4n) is 1.26. The van der Waals surface area contributed by atoms with E-state index in [0.29, 0.717) is 5.56 Å². The Balaban J connectivity index is 0.000000165. The third-order valence-electron chi connectivity index (χ3n) is 2.10. The van der Waals surface area contributed by atoms with E-state index in [2.05, 4.69) is 0 Å². The number of allylic oxidation sites excluding steroid dienone is 2. The van der Waals surface area contributed by atoms with Gasteiger partial charge in [0.05, 0.1) is 0 Å². The Morgan fingerprint density at radius 1 is 1.19 bits per heavy atom. The minimum atomic E-state index is -0.407. The second-order valence-corrected chi connectivity index (χ2v) is 3.74. The minimum Gasteiger partial charge on any atom is -0.295 e. The lowest BCUT2D eigenvalue weighted by molar-refractivity contribution is -0.114. The molecule has 0 aliphatic heterocycles. The molecule has 0 spiro atoms. The van der Waals surface area contributed by atoms with E-state index in [0.717, 1.165) is 19.3 Å². The summed E-state index contributed by atoms with van der Waals surface area (Å²) in [6.07, 6.45) is 6.51. The first-order chi connectivity index (χ1) is 7.70. The van der Waals surface area contributed by atoms with Gasteiger partial charge in [-0.3, -0.25) is 9.59 Å². The van der Waals surface area contributed by atoms with Gasteiger partial charge in [-0.25, -0.2) is 0 Å². The Hall–Kier alpha value is -1.41. The van der Waals surface area contributed by atoms with E-state index in [1.54, 1.807) is 30.3 Å². The Bertz CT molecular complexity index is 382. The minimum absolute atomic E-state index is 0.284. The first kappa shape index (κ1) is 12.7. The lowest BCUT2D eigenvalue weighted by Crippen LogP contribution is -1.95. The van der Waals surface area contributed by atoms with Gasteiger partial charge in [0.15, 0.2) is 5.78 Å². The molecule has 3 heteroatoms. The highest BCUT2D eigenvalue weighted by Gasteiger charge is 1.98. The molecule has 0 aromatic heterocycles. The van der Waals surface area contributed by atoms with Crippen molar-refractivity contribution in [1.82, 2.24) is 0 Å². The summed E-state index contributed by atoms with van der Waals surface area (Å²) in [6, 6.07) is 8.74. The van der Waals surface area contributed by atoms with Crippen molar-refractivity contribution in [2.24, 2.45) is 0 Å². The number of carbonyl (C=O) groups excluding carboxylic acids is 2. The first-order valence-electron chi connectivity index (χ1n) is 5.14. The molecule has 0 saturated heterocycles. The van der Waals surface area contributed by atoms with Crippen LogP contribution in [-0.2, 0) is 4.79 Å². The van der Waals surface area contributed by atoms with E-state index in [9.17, 15) is 9.59 Å². The molecule has 0 saturated carbocycles. The summed E-state index contributed by atoms with van der Waals surface area (Å²) in [6.45, 7) is 0. The maximum absolute atomic E-state index is 10.4. The average Bonchev–Trinajstić information content (AvgIpc) is 2.32. The molecule has 1 aromatic carbocycles. The molecule has 16 heavy (non-hydrogen) atoms. The molecule has 0 bridgehead atoms. The van der Waals surface area contributed by atoms with Crippen LogP contribution >= 0.6 is 11.6 Å². The monoisotopic (exact) mass is 236 g/mol. The molecule has 1 aliphatic carbocycles. The molecule has 0 fully saturated rings. The van der Waals surface area contributed by atoms with Crippen LogP contribution in [0.3, 0.4) is 0 Å². The number of benzene rings is 1. The van der Waals surface area contributed by atoms with E-state index >= 15 is 0 Å². The molecule has 84 valence electrons. The molecule has 1 aromatic rings. The van der Waals surface area contributed by atoms with Crippen molar-refractivity contribution in [3.8, 4) is 0 Å². The van der Waals surface area contributed by atoms with Gasteiger partial charge in [0.2, 0.25) is 0 Å². The van der Waals surface area contributed by atoms with E-state index in [-0.39, 0.29) is 5.78 Å². The van der Waals surface area contributed by atoms with E-state index in [4.69, 9.17) is 11.6 Å². The molecule has 0 atom stereocenters. The van der Waals surface area contributed by atoms with E-state index in [1.807, 2.05) is 12.1 Å². The Labute approximate surface area is 99.9 Å². The highest BCUT2D eigenvalue weighted by molar-refractivity contribution is 6.67. The summed E-state index contributed by atoms with van der Waals surface area (Å²) in [4.78, 5) is 20.8. The third kappa shape index (κ3) is 4.89. The summed E-state index contributed by atoms with van der Waals surface area (Å²) in [5.74, 6) is 0.284. The number of carbonyl (C=O) groups is 2. The number of hydrogen-bond acceptors (Lipinski definition) is 2. The lowest BCUT2D eigenvalue weighted by Gasteiger charge is -1.97. The van der Waals surface area contributed by atoms with Crippen molar-refractivity contribution in [3.05, 3.63) is 48.0 Å². The third-order valence-corrected chi connectivity index (χ3v) is 2.32. The Morgan fingerprint density at radius 2 is 1.88 bits per heavy atom. The molecular formula is C13H13ClO2. The molecule has 0 radical (unpaired) electrons. The molecule has 0 unspecified atom stereocenters. The van der Waals surface area contributed by atoms with Gasteiger partial charge in [0, 0.05) is 12.0 Å². The van der Waals surface area contributed by atoms with Crippen LogP contribution in [0.2, 0.25) is 0 Å². The van der Waals surface area contributed by atoms with Gasteiger partial charge in [-0.05, 0) is 30.5 Å². The van der Waals surface area contributed by atoms with Crippen LogP contribution in [0.4, 0.5) is 0 Å². The molecule has 1 aliphatic rings. The van der Waals surface area contributed by atoms with Gasteiger partial charge in [0.25, 0.3) is 5.24 Å². The van der Waals surface area contributed by atoms with Crippen molar-refractivity contribution in [2.45, 2.75) is 19.3 Å². The number of hydrogen-bond donors (Lipinski definition) is 0. The zero-order valence-corrected chi connectivity index (χ0v) is 9.61. The average molecular weight is 237 g/mol. The van der Waals surface area contributed by atoms with Gasteiger partial charge in [0.1, 0.15) is 0 Å². The molecule has 0 amide bonds. The Kier molecular flexibility index (Phi) is 5.51. The maximum atomic E-state index is 10.4. The molecule has 0 heterocycles. The van der Waals surface area contributed by atoms with Crippen LogP contribution in [0.25, 0.3) is 0 Å². The highest BCUT2D eigenvalue weighted by Crippen LogP contribution is 2.04. The van der Waals surface area contributed by atoms with Gasteiger partial charge in [-0.1, -0.05) is 36.4 Å². The summed E-state index contributed by atoms with van der Waals surface area (Å²) in [5.41, 5.74) is 0.541. The van der Waals surface area contributed by atoms with Crippen molar-refractivity contribution >= 4 is 22.6 Å². The number of ketones is 1. The summed E-state index contributed by atoms with van der Waals surface area (Å²) < 4.78 is 0. The standard InChI is InChI=1S/C7H5ClO.C6H8O/c8-7(9)6-4-2-1-3-5-6;7-6-4-2-1-3-5-6/h1-5H;2,4H,1,3,5H2. The van der Waals surface area contributed by atoms with Crippen LogP contribution < -0.4 is 0 Å². The predicted octanol–water partition coefficient (Wildman–Crippen LogP) is 3.36. The van der Waals surface area contributed by atoms with Crippen LogP contribution in [0.5, 0.6) is 0 Å². The van der Waals surface area contributed by atoms with Crippen LogP contribution in [0.15, 0.2) is 42.5 Å². The van der Waals surface area contributed by atoms with Crippen LogP contribution in [0.1, 0.15) is 29.6 Å². The smallest absolute Gasteiger partial charge is 0.252 e. The quantitative estimate of drug-likeness (QED) is 0.701. The summed E-state index contributed by atoms with van der Waals surface area (Å²) in [7, 11) is 0. The second-order valence-electron chi connectivity index (χ2n) is 3.40. The number of halogens is 1. The largest absolute Gasteiger partial charge is 0.295 e. The highest BCUT2D eigenvalue weighted by atomic mass is 35.5. The van der Waals surface area contributed by atoms with Crippen LogP contribution in [-0.4, -0.2) is 11.0 Å². The fraction of sp³-hybridized carbons (Fsp3) is 0.231. The van der Waals surface area contributed by atoms with Crippen molar-refractivity contribution in [3.63, 3.8) is 0 Å². The van der Waals surface area contributed by atoms with Crippen molar-refractivity contribution < 1.29 is 9.59 Å². The van der Waals surface area contributed by atoms with Gasteiger partial charge in [-0.15, -0.1) is 0 Å². The van der Waals surface area contributed by atoms with E-state index < -0.39 is 5.24 Å². The Morgan fingerprint density at radius 3 is 2.19 bits per heavy atom. The molecule has 2 rings (SSSR count). The van der Waals surface area contributed by atoms with E-state index in [1.165, 1.54) is 0 Å². The van der Waals surface area contributed by atoms with Gasteiger partial charge >= 0.3 is 0 Å². The van der Waals surface area contributed by atoms with Gasteiger partial charge in [-0.2, -0.15) is 0 Å². The van der Waals surface area contributed by atoms with Crippen molar-refractivity contribution in [1.29, 1.82) is 0 Å². The summed E-state index contributed by atoms with van der Waals surface area (Å²) >= 11 is 5.16. The normalized spacial score (nSPS) is 13.9. The number of rotatable bonds is 1. The second kappa shape index (κ2) is 6.96. The molecule has 2 nitrogen and oxygen atoms in total. The lowest BCUT2D eigenvalue weighted by atomic mass is 10.1. The molecular weight excluding hydrogens is 224 g/mol. The van der Waals surface area contributed by atoms with Gasteiger partial charge < -0.3 is 0 Å². The summed E-state index contributed by atoms with van der Waals surface area (Å²) in [5, 5.41) is -0.407. The zero-order chi connectivity index (χ0) is 11.8. The first-order valence-corrected chi connectivity index (χ1v) is 5.52.